The Morgan fingerprint density at radius 3 is 2.53 bits per heavy atom. The van der Waals surface area contributed by atoms with E-state index >= 15 is 0 Å². The van der Waals surface area contributed by atoms with Crippen molar-refractivity contribution in [2.24, 2.45) is 5.92 Å². The first-order valence-electron chi connectivity index (χ1n) is 6.44. The molecule has 0 saturated heterocycles. The summed E-state index contributed by atoms with van der Waals surface area (Å²) in [6.07, 6.45) is 1.18. The van der Waals surface area contributed by atoms with Crippen molar-refractivity contribution in [3.8, 4) is 0 Å². The van der Waals surface area contributed by atoms with E-state index in [1.165, 1.54) is 6.42 Å². The van der Waals surface area contributed by atoms with Gasteiger partial charge in [-0.1, -0.05) is 26.3 Å². The monoisotopic (exact) mass is 236 g/mol. The van der Waals surface area contributed by atoms with Gasteiger partial charge in [-0.2, -0.15) is 0 Å². The summed E-state index contributed by atoms with van der Waals surface area (Å²) in [4.78, 5) is 6.86. The molecule has 17 heavy (non-hydrogen) atoms. The zero-order valence-corrected chi connectivity index (χ0v) is 11.4. The number of nitrogens with zero attached hydrogens (tertiary/aromatic N) is 2. The predicted octanol–water partition coefficient (Wildman–Crippen LogP) is 2.75. The Kier molecular flexibility index (Phi) is 5.42. The van der Waals surface area contributed by atoms with Crippen LogP contribution in [0.5, 0.6) is 0 Å². The highest BCUT2D eigenvalue weighted by molar-refractivity contribution is 5.41. The van der Waals surface area contributed by atoms with Crippen LogP contribution in [0.4, 0.5) is 5.82 Å². The number of aliphatic hydroxyl groups excluding tert-OH is 1. The van der Waals surface area contributed by atoms with Crippen LogP contribution >= 0.6 is 0 Å². The fourth-order valence-electron chi connectivity index (χ4n) is 1.81. The van der Waals surface area contributed by atoms with Crippen LogP contribution in [0.3, 0.4) is 0 Å². The van der Waals surface area contributed by atoms with Gasteiger partial charge in [-0.15, -0.1) is 0 Å². The maximum absolute atomic E-state index is 9.13. The third kappa shape index (κ3) is 3.70. The highest BCUT2D eigenvalue weighted by atomic mass is 16.3. The van der Waals surface area contributed by atoms with Gasteiger partial charge in [-0.3, -0.25) is 0 Å². The number of hydrogen-bond donors (Lipinski definition) is 1. The summed E-state index contributed by atoms with van der Waals surface area (Å²) in [5.41, 5.74) is 1.83. The van der Waals surface area contributed by atoms with E-state index in [4.69, 9.17) is 5.11 Å². The van der Waals surface area contributed by atoms with Gasteiger partial charge in [-0.25, -0.2) is 4.98 Å². The quantitative estimate of drug-likeness (QED) is 0.825. The number of aryl methyl sites for hydroxylation is 1. The molecule has 96 valence electrons. The Morgan fingerprint density at radius 2 is 2.06 bits per heavy atom. The molecule has 0 amide bonds. The Bertz CT molecular complexity index is 352. The summed E-state index contributed by atoms with van der Waals surface area (Å²) in [6.45, 7) is 10.7. The van der Waals surface area contributed by atoms with Crippen LogP contribution in [0.1, 0.15) is 38.4 Å². The van der Waals surface area contributed by atoms with Crippen molar-refractivity contribution in [2.45, 2.75) is 40.7 Å². The minimum Gasteiger partial charge on any atom is -0.392 e. The molecule has 0 aromatic carbocycles. The van der Waals surface area contributed by atoms with Crippen LogP contribution in [-0.4, -0.2) is 23.2 Å². The Morgan fingerprint density at radius 1 is 1.35 bits per heavy atom. The van der Waals surface area contributed by atoms with Crippen LogP contribution < -0.4 is 4.90 Å². The van der Waals surface area contributed by atoms with Gasteiger partial charge in [0, 0.05) is 18.8 Å². The van der Waals surface area contributed by atoms with Crippen LogP contribution in [0.2, 0.25) is 0 Å². The van der Waals surface area contributed by atoms with Crippen LogP contribution in [0.15, 0.2) is 12.1 Å². The molecule has 1 N–H and O–H groups in total. The summed E-state index contributed by atoms with van der Waals surface area (Å²) in [7, 11) is 0. The molecular weight excluding hydrogens is 212 g/mol. The molecule has 1 aromatic rings. The standard InChI is InChI=1S/C14H24N2O/c1-5-11(3)9-16(6-2)14-8-7-13(10-17)12(4)15-14/h7-8,11,17H,5-6,9-10H2,1-4H3. The predicted molar refractivity (Wildman–Crippen MR) is 72.2 cm³/mol. The molecule has 0 fully saturated rings. The summed E-state index contributed by atoms with van der Waals surface area (Å²) >= 11 is 0. The molecule has 3 heteroatoms. The summed E-state index contributed by atoms with van der Waals surface area (Å²) in [6, 6.07) is 3.97. The van der Waals surface area contributed by atoms with Gasteiger partial charge in [0.15, 0.2) is 0 Å². The van der Waals surface area contributed by atoms with Crippen molar-refractivity contribution >= 4 is 5.82 Å². The summed E-state index contributed by atoms with van der Waals surface area (Å²) in [5.74, 6) is 1.69. The van der Waals surface area contributed by atoms with Crippen molar-refractivity contribution in [3.63, 3.8) is 0 Å². The molecule has 3 nitrogen and oxygen atoms in total. The number of pyridine rings is 1. The first-order chi connectivity index (χ1) is 8.12. The van der Waals surface area contributed by atoms with Gasteiger partial charge >= 0.3 is 0 Å². The lowest BCUT2D eigenvalue weighted by atomic mass is 10.1. The molecule has 1 atom stereocenters. The average Bonchev–Trinajstić information content (AvgIpc) is 2.35. The lowest BCUT2D eigenvalue weighted by molar-refractivity contribution is 0.280. The number of hydrogen-bond acceptors (Lipinski definition) is 3. The molecule has 0 bridgehead atoms. The van der Waals surface area contributed by atoms with Gasteiger partial charge in [0.1, 0.15) is 5.82 Å². The van der Waals surface area contributed by atoms with Crippen molar-refractivity contribution < 1.29 is 5.11 Å². The van der Waals surface area contributed by atoms with Crippen LogP contribution in [0.25, 0.3) is 0 Å². The lowest BCUT2D eigenvalue weighted by Gasteiger charge is -2.25. The second kappa shape index (κ2) is 6.60. The van der Waals surface area contributed by atoms with Gasteiger partial charge in [-0.05, 0) is 31.4 Å². The largest absolute Gasteiger partial charge is 0.392 e. The van der Waals surface area contributed by atoms with Crippen molar-refractivity contribution in [1.82, 2.24) is 4.98 Å². The molecule has 0 aliphatic carbocycles. The highest BCUT2D eigenvalue weighted by Crippen LogP contribution is 2.17. The normalized spacial score (nSPS) is 12.5. The molecule has 0 radical (unpaired) electrons. The SMILES string of the molecule is CCC(C)CN(CC)c1ccc(CO)c(C)n1. The van der Waals surface area contributed by atoms with E-state index in [2.05, 4.69) is 30.7 Å². The number of rotatable bonds is 6. The molecule has 1 rings (SSSR count). The highest BCUT2D eigenvalue weighted by Gasteiger charge is 2.10. The van der Waals surface area contributed by atoms with E-state index in [0.717, 1.165) is 30.2 Å². The van der Waals surface area contributed by atoms with E-state index < -0.39 is 0 Å². The molecule has 1 aromatic heterocycles. The summed E-state index contributed by atoms with van der Waals surface area (Å²) < 4.78 is 0. The number of aliphatic hydroxyl groups is 1. The van der Waals surface area contributed by atoms with Gasteiger partial charge in [0.2, 0.25) is 0 Å². The summed E-state index contributed by atoms with van der Waals surface area (Å²) in [5, 5.41) is 9.13. The molecule has 0 spiro atoms. The fraction of sp³-hybridized carbons (Fsp3) is 0.643. The Balaban J connectivity index is 2.85. The molecule has 0 aliphatic rings. The van der Waals surface area contributed by atoms with E-state index in [1.807, 2.05) is 19.1 Å². The first-order valence-corrected chi connectivity index (χ1v) is 6.44. The average molecular weight is 236 g/mol. The smallest absolute Gasteiger partial charge is 0.128 e. The third-order valence-electron chi connectivity index (χ3n) is 3.29. The number of anilines is 1. The molecule has 1 heterocycles. The van der Waals surface area contributed by atoms with Crippen LogP contribution in [0, 0.1) is 12.8 Å². The zero-order valence-electron chi connectivity index (χ0n) is 11.4. The van der Waals surface area contributed by atoms with Gasteiger partial charge < -0.3 is 10.0 Å². The molecular formula is C14H24N2O. The van der Waals surface area contributed by atoms with Crippen molar-refractivity contribution in [1.29, 1.82) is 0 Å². The van der Waals surface area contributed by atoms with Gasteiger partial charge in [0.25, 0.3) is 0 Å². The lowest BCUT2D eigenvalue weighted by Crippen LogP contribution is -2.29. The van der Waals surface area contributed by atoms with E-state index in [1.54, 1.807) is 0 Å². The number of aromatic nitrogens is 1. The first kappa shape index (κ1) is 14.0. The van der Waals surface area contributed by atoms with Crippen molar-refractivity contribution in [3.05, 3.63) is 23.4 Å². The molecule has 1 unspecified atom stereocenters. The molecule has 0 saturated carbocycles. The van der Waals surface area contributed by atoms with Crippen molar-refractivity contribution in [2.75, 3.05) is 18.0 Å². The van der Waals surface area contributed by atoms with Gasteiger partial charge in [0.05, 0.1) is 6.61 Å². The van der Waals surface area contributed by atoms with E-state index in [0.29, 0.717) is 5.92 Å². The van der Waals surface area contributed by atoms with Crippen LogP contribution in [-0.2, 0) is 6.61 Å². The minimum atomic E-state index is 0.0661. The maximum atomic E-state index is 9.13. The maximum Gasteiger partial charge on any atom is 0.128 e. The minimum absolute atomic E-state index is 0.0661. The third-order valence-corrected chi connectivity index (χ3v) is 3.29. The van der Waals surface area contributed by atoms with E-state index in [-0.39, 0.29) is 6.61 Å². The second-order valence-corrected chi connectivity index (χ2v) is 4.62. The van der Waals surface area contributed by atoms with E-state index in [9.17, 15) is 0 Å². The Hall–Kier alpha value is -1.09. The zero-order chi connectivity index (χ0) is 12.8. The second-order valence-electron chi connectivity index (χ2n) is 4.62. The Labute approximate surface area is 104 Å². The molecule has 0 aliphatic heterocycles. The fourth-order valence-corrected chi connectivity index (χ4v) is 1.81. The topological polar surface area (TPSA) is 36.4 Å².